The minimum absolute atomic E-state index is 0.658. The second kappa shape index (κ2) is 4.10. The van der Waals surface area contributed by atoms with Crippen LogP contribution in [0, 0.1) is 11.8 Å². The average molecular weight is 155 g/mol. The molecule has 11 heavy (non-hydrogen) atoms. The van der Waals surface area contributed by atoms with Crippen molar-refractivity contribution in [3.63, 3.8) is 0 Å². The smallest absolute Gasteiger partial charge is 0.00104 e. The normalized spacial score (nSPS) is 31.6. The van der Waals surface area contributed by atoms with Crippen molar-refractivity contribution in [1.29, 1.82) is 0 Å². The third-order valence-electron chi connectivity index (χ3n) is 2.62. The molecule has 1 nitrogen and oxygen atoms in total. The highest BCUT2D eigenvalue weighted by Crippen LogP contribution is 2.29. The summed E-state index contributed by atoms with van der Waals surface area (Å²) in [6.45, 7) is 8.05. The van der Waals surface area contributed by atoms with Crippen LogP contribution in [0.4, 0.5) is 0 Å². The highest BCUT2D eigenvalue weighted by Gasteiger charge is 2.20. The van der Waals surface area contributed by atoms with E-state index < -0.39 is 0 Å². The van der Waals surface area contributed by atoms with Crippen molar-refractivity contribution >= 4 is 0 Å². The molecule has 0 radical (unpaired) electrons. The number of rotatable bonds is 3. The molecule has 0 aromatic carbocycles. The van der Waals surface area contributed by atoms with Crippen molar-refractivity contribution in [3.05, 3.63) is 0 Å². The predicted octanol–water partition coefficient (Wildman–Crippen LogP) is 2.42. The Morgan fingerprint density at radius 2 is 2.09 bits per heavy atom. The molecule has 1 aliphatic rings. The maximum atomic E-state index is 3.51. The monoisotopic (exact) mass is 155 g/mol. The molecule has 1 rings (SSSR count). The second-order valence-electron chi connectivity index (χ2n) is 4.35. The molecule has 1 heteroatoms. The van der Waals surface area contributed by atoms with Gasteiger partial charge in [0.1, 0.15) is 0 Å². The van der Waals surface area contributed by atoms with Crippen LogP contribution in [-0.2, 0) is 0 Å². The van der Waals surface area contributed by atoms with E-state index in [4.69, 9.17) is 0 Å². The van der Waals surface area contributed by atoms with E-state index >= 15 is 0 Å². The Morgan fingerprint density at radius 1 is 1.36 bits per heavy atom. The molecular weight excluding hydrogens is 134 g/mol. The zero-order chi connectivity index (χ0) is 8.27. The summed E-state index contributed by atoms with van der Waals surface area (Å²) >= 11 is 0. The van der Waals surface area contributed by atoms with E-state index in [0.717, 1.165) is 11.8 Å². The van der Waals surface area contributed by atoms with Gasteiger partial charge in [0.25, 0.3) is 0 Å². The minimum Gasteiger partial charge on any atom is -0.314 e. The fourth-order valence-electron chi connectivity index (χ4n) is 1.91. The standard InChI is InChI=1S/C10H21N/c1-8(2)11-7-10-5-4-9(3)6-10/h8-11H,4-7H2,1-3H3. The van der Waals surface area contributed by atoms with Crippen molar-refractivity contribution in [2.24, 2.45) is 11.8 Å². The van der Waals surface area contributed by atoms with Crippen LogP contribution in [0.3, 0.4) is 0 Å². The molecule has 2 atom stereocenters. The summed E-state index contributed by atoms with van der Waals surface area (Å²) in [4.78, 5) is 0. The molecule has 0 spiro atoms. The molecule has 0 aromatic rings. The Kier molecular flexibility index (Phi) is 3.38. The van der Waals surface area contributed by atoms with Crippen LogP contribution in [0.25, 0.3) is 0 Å². The first-order chi connectivity index (χ1) is 5.18. The Bertz CT molecular complexity index is 109. The molecule has 1 saturated carbocycles. The molecule has 0 aromatic heterocycles. The topological polar surface area (TPSA) is 12.0 Å². The lowest BCUT2D eigenvalue weighted by Gasteiger charge is -2.13. The number of nitrogens with one attached hydrogen (secondary N) is 1. The van der Waals surface area contributed by atoms with Gasteiger partial charge in [-0.05, 0) is 31.2 Å². The Morgan fingerprint density at radius 3 is 2.55 bits per heavy atom. The third-order valence-corrected chi connectivity index (χ3v) is 2.62. The van der Waals surface area contributed by atoms with Crippen LogP contribution in [0.2, 0.25) is 0 Å². The summed E-state index contributed by atoms with van der Waals surface area (Å²) in [6.07, 6.45) is 4.34. The van der Waals surface area contributed by atoms with E-state index in [-0.39, 0.29) is 0 Å². The van der Waals surface area contributed by atoms with E-state index in [1.165, 1.54) is 25.8 Å². The van der Waals surface area contributed by atoms with Gasteiger partial charge < -0.3 is 5.32 Å². The van der Waals surface area contributed by atoms with E-state index in [0.29, 0.717) is 6.04 Å². The lowest BCUT2D eigenvalue weighted by atomic mass is 10.1. The lowest BCUT2D eigenvalue weighted by Crippen LogP contribution is -2.27. The predicted molar refractivity (Wildman–Crippen MR) is 49.6 cm³/mol. The molecule has 0 aliphatic heterocycles. The van der Waals surface area contributed by atoms with Crippen molar-refractivity contribution in [1.82, 2.24) is 5.32 Å². The van der Waals surface area contributed by atoms with Crippen molar-refractivity contribution in [3.8, 4) is 0 Å². The van der Waals surface area contributed by atoms with E-state index in [1.807, 2.05) is 0 Å². The highest BCUT2D eigenvalue weighted by molar-refractivity contribution is 4.74. The van der Waals surface area contributed by atoms with Crippen LogP contribution in [0.5, 0.6) is 0 Å². The average Bonchev–Trinajstić information content (AvgIpc) is 2.31. The lowest BCUT2D eigenvalue weighted by molar-refractivity contribution is 0.446. The van der Waals surface area contributed by atoms with Crippen molar-refractivity contribution in [2.45, 2.75) is 46.1 Å². The van der Waals surface area contributed by atoms with Gasteiger partial charge >= 0.3 is 0 Å². The molecule has 66 valence electrons. The first-order valence-corrected chi connectivity index (χ1v) is 4.92. The Balaban J connectivity index is 2.08. The first-order valence-electron chi connectivity index (χ1n) is 4.92. The summed E-state index contributed by atoms with van der Waals surface area (Å²) in [5.74, 6) is 1.95. The summed E-state index contributed by atoms with van der Waals surface area (Å²) in [7, 11) is 0. The Hall–Kier alpha value is -0.0400. The van der Waals surface area contributed by atoms with Crippen molar-refractivity contribution < 1.29 is 0 Å². The summed E-state index contributed by atoms with van der Waals surface area (Å²) in [6, 6.07) is 0.658. The second-order valence-corrected chi connectivity index (χ2v) is 4.35. The molecular formula is C10H21N. The minimum atomic E-state index is 0.658. The molecule has 1 aliphatic carbocycles. The van der Waals surface area contributed by atoms with Crippen LogP contribution < -0.4 is 5.32 Å². The summed E-state index contributed by atoms with van der Waals surface area (Å²) in [5.41, 5.74) is 0. The van der Waals surface area contributed by atoms with E-state index in [2.05, 4.69) is 26.1 Å². The molecule has 0 amide bonds. The van der Waals surface area contributed by atoms with Gasteiger partial charge in [-0.2, -0.15) is 0 Å². The fraction of sp³-hybridized carbons (Fsp3) is 1.00. The van der Waals surface area contributed by atoms with Gasteiger partial charge in [0, 0.05) is 6.04 Å². The van der Waals surface area contributed by atoms with Gasteiger partial charge in [0.2, 0.25) is 0 Å². The van der Waals surface area contributed by atoms with E-state index in [1.54, 1.807) is 0 Å². The molecule has 0 bridgehead atoms. The summed E-state index contributed by atoms with van der Waals surface area (Å²) in [5, 5.41) is 3.51. The SMILES string of the molecule is CC1CCC(CNC(C)C)C1. The zero-order valence-corrected chi connectivity index (χ0v) is 8.06. The van der Waals surface area contributed by atoms with Crippen LogP contribution in [-0.4, -0.2) is 12.6 Å². The Labute approximate surface area is 70.6 Å². The molecule has 0 heterocycles. The maximum absolute atomic E-state index is 3.51. The van der Waals surface area contributed by atoms with Gasteiger partial charge in [0.15, 0.2) is 0 Å². The molecule has 2 unspecified atom stereocenters. The van der Waals surface area contributed by atoms with Gasteiger partial charge in [-0.25, -0.2) is 0 Å². The van der Waals surface area contributed by atoms with Gasteiger partial charge in [-0.3, -0.25) is 0 Å². The number of hydrogen-bond donors (Lipinski definition) is 1. The fourth-order valence-corrected chi connectivity index (χ4v) is 1.91. The van der Waals surface area contributed by atoms with Gasteiger partial charge in [0.05, 0.1) is 0 Å². The number of hydrogen-bond acceptors (Lipinski definition) is 1. The third kappa shape index (κ3) is 3.24. The molecule has 1 fully saturated rings. The van der Waals surface area contributed by atoms with E-state index in [9.17, 15) is 0 Å². The summed E-state index contributed by atoms with van der Waals surface area (Å²) < 4.78 is 0. The van der Waals surface area contributed by atoms with Crippen LogP contribution >= 0.6 is 0 Å². The highest BCUT2D eigenvalue weighted by atomic mass is 14.9. The van der Waals surface area contributed by atoms with Gasteiger partial charge in [-0.1, -0.05) is 27.2 Å². The quantitative estimate of drug-likeness (QED) is 0.660. The van der Waals surface area contributed by atoms with Gasteiger partial charge in [-0.15, -0.1) is 0 Å². The molecule has 1 N–H and O–H groups in total. The molecule has 0 saturated heterocycles. The first kappa shape index (κ1) is 9.05. The largest absolute Gasteiger partial charge is 0.314 e. The van der Waals surface area contributed by atoms with Crippen molar-refractivity contribution in [2.75, 3.05) is 6.54 Å². The maximum Gasteiger partial charge on any atom is 0.00104 e. The van der Waals surface area contributed by atoms with Crippen LogP contribution in [0.15, 0.2) is 0 Å². The zero-order valence-electron chi connectivity index (χ0n) is 8.06. The van der Waals surface area contributed by atoms with Crippen LogP contribution in [0.1, 0.15) is 40.0 Å².